The van der Waals surface area contributed by atoms with Crippen molar-refractivity contribution < 1.29 is 45.5 Å². The fourth-order valence-corrected chi connectivity index (χ4v) is 12.1. The lowest BCUT2D eigenvalue weighted by atomic mass is 9.66. The van der Waals surface area contributed by atoms with Gasteiger partial charge in [0, 0.05) is 59.1 Å². The number of anilines is 2. The van der Waals surface area contributed by atoms with E-state index < -0.39 is 48.9 Å². The smallest absolute Gasteiger partial charge is 0.328 e. The summed E-state index contributed by atoms with van der Waals surface area (Å²) < 4.78 is 55.8. The Bertz CT molecular complexity index is 2860. The van der Waals surface area contributed by atoms with Gasteiger partial charge in [0.05, 0.1) is 55.4 Å². The largest absolute Gasteiger partial charge is 0.467 e. The van der Waals surface area contributed by atoms with Gasteiger partial charge >= 0.3 is 11.9 Å². The molecule has 0 bridgehead atoms. The quantitative estimate of drug-likeness (QED) is 0.0264. The SMILES string of the molecule is COC(=O)C(Cc1ccc(N)cc1)NC(=S)C1(CCCS(C)(=O)=O)CCC1.COC(=O)C(Cc1ccc(NC(=O)c2c(Cl)cccc2Cl)cc1)NC(=S)C1(CCCS(C)(=O)=O)CCC1.O=C(Cl)c1c(Cl)cccc1Cl. The summed E-state index contributed by atoms with van der Waals surface area (Å²) in [7, 11) is -3.36. The lowest BCUT2D eigenvalue weighted by Crippen LogP contribution is -2.51. The highest BCUT2D eigenvalue weighted by molar-refractivity contribution is 7.90. The van der Waals surface area contributed by atoms with E-state index in [9.17, 15) is 36.0 Å². The van der Waals surface area contributed by atoms with Crippen LogP contribution in [0.25, 0.3) is 0 Å². The molecule has 2 fully saturated rings. The van der Waals surface area contributed by atoms with Gasteiger partial charge in [-0.15, -0.1) is 0 Å². The average Bonchev–Trinajstić information content (AvgIpc) is 3.30. The molecule has 1 amide bonds. The van der Waals surface area contributed by atoms with Crippen LogP contribution in [-0.4, -0.2) is 100 Å². The van der Waals surface area contributed by atoms with Crippen LogP contribution >= 0.6 is 82.4 Å². The molecule has 23 heteroatoms. The van der Waals surface area contributed by atoms with Crippen molar-refractivity contribution in [3.05, 3.63) is 127 Å². The van der Waals surface area contributed by atoms with Gasteiger partial charge in [-0.25, -0.2) is 26.4 Å². The fourth-order valence-electron chi connectivity index (χ4n) is 8.47. The number of benzene rings is 4. The maximum absolute atomic E-state index is 12.6. The average molecular weight is 1210 g/mol. The lowest BCUT2D eigenvalue weighted by molar-refractivity contribution is -0.143. The zero-order valence-electron chi connectivity index (χ0n) is 41.8. The van der Waals surface area contributed by atoms with Crippen molar-refractivity contribution in [3.63, 3.8) is 0 Å². The Morgan fingerprint density at radius 1 is 0.613 bits per heavy atom. The zero-order valence-corrected chi connectivity index (χ0v) is 48.9. The highest BCUT2D eigenvalue weighted by Gasteiger charge is 2.43. The Morgan fingerprint density at radius 2 is 0.973 bits per heavy atom. The number of hydrogen-bond acceptors (Lipinski definition) is 13. The maximum Gasteiger partial charge on any atom is 0.328 e. The monoisotopic (exact) mass is 1200 g/mol. The topological polar surface area (TPSA) is 217 Å². The molecule has 0 aromatic heterocycles. The van der Waals surface area contributed by atoms with E-state index in [-0.39, 0.29) is 59.5 Å². The summed E-state index contributed by atoms with van der Waals surface area (Å²) in [5.74, 6) is -0.977. The van der Waals surface area contributed by atoms with Gasteiger partial charge in [-0.2, -0.15) is 0 Å². The number of hydrogen-bond donors (Lipinski definition) is 4. The van der Waals surface area contributed by atoms with Crippen molar-refractivity contribution >= 4 is 147 Å². The molecule has 75 heavy (non-hydrogen) atoms. The Morgan fingerprint density at radius 3 is 1.28 bits per heavy atom. The number of esters is 2. The van der Waals surface area contributed by atoms with Crippen LogP contribution in [0, 0.1) is 10.8 Å². The maximum atomic E-state index is 12.6. The number of nitrogens with two attached hydrogens (primary N) is 1. The third-order valence-corrected chi connectivity index (χ3v) is 17.5. The van der Waals surface area contributed by atoms with Crippen molar-refractivity contribution in [2.24, 2.45) is 10.8 Å². The Labute approximate surface area is 475 Å². The van der Waals surface area contributed by atoms with Crippen molar-refractivity contribution in [3.8, 4) is 0 Å². The summed E-state index contributed by atoms with van der Waals surface area (Å²) in [5.41, 5.74) is 8.56. The Balaban J connectivity index is 0.000000278. The summed E-state index contributed by atoms with van der Waals surface area (Å²) in [6.07, 6.45) is 11.3. The number of methoxy groups -OCH3 is 2. The Hall–Kier alpha value is -4.11. The summed E-state index contributed by atoms with van der Waals surface area (Å²) in [5, 5.41) is 9.59. The minimum absolute atomic E-state index is 0.114. The van der Waals surface area contributed by atoms with Crippen LogP contribution < -0.4 is 21.7 Å². The predicted octanol–water partition coefficient (Wildman–Crippen LogP) is 10.9. The second-order valence-corrected chi connectivity index (χ2v) is 25.9. The number of carbonyl (C=O) groups is 4. The predicted molar refractivity (Wildman–Crippen MR) is 309 cm³/mol. The summed E-state index contributed by atoms with van der Waals surface area (Å²) in [4.78, 5) is 49.3. The number of nitrogen functional groups attached to an aromatic ring is 1. The van der Waals surface area contributed by atoms with Gasteiger partial charge in [-0.05, 0) is 123 Å². The third kappa shape index (κ3) is 19.7. The molecule has 0 aliphatic heterocycles. The van der Waals surface area contributed by atoms with Gasteiger partial charge < -0.3 is 31.2 Å². The molecule has 0 saturated heterocycles. The summed E-state index contributed by atoms with van der Waals surface area (Å²) in [6, 6.07) is 22.7. The lowest BCUT2D eigenvalue weighted by Gasteiger charge is -2.43. The second-order valence-electron chi connectivity index (χ2n) is 18.6. The van der Waals surface area contributed by atoms with Crippen LogP contribution in [0.2, 0.25) is 20.1 Å². The number of carbonyl (C=O) groups excluding carboxylic acids is 4. The molecule has 5 N–H and O–H groups in total. The Kier molecular flexibility index (Phi) is 24.5. The summed E-state index contributed by atoms with van der Waals surface area (Å²) >= 11 is 40.1. The molecule has 408 valence electrons. The normalized spacial score (nSPS) is 15.0. The highest BCUT2D eigenvalue weighted by atomic mass is 35.5. The third-order valence-electron chi connectivity index (χ3n) is 12.9. The molecule has 0 radical (unpaired) electrons. The molecular weight excluding hydrogens is 1150 g/mol. The summed E-state index contributed by atoms with van der Waals surface area (Å²) in [6.45, 7) is 0. The first-order valence-electron chi connectivity index (χ1n) is 23.7. The molecule has 2 aliphatic carbocycles. The van der Waals surface area contributed by atoms with Crippen LogP contribution in [0.5, 0.6) is 0 Å². The zero-order chi connectivity index (χ0) is 55.7. The molecule has 14 nitrogen and oxygen atoms in total. The van der Waals surface area contributed by atoms with Crippen LogP contribution in [0.4, 0.5) is 11.4 Å². The number of rotatable bonds is 21. The number of nitrogens with one attached hydrogen (secondary N) is 3. The van der Waals surface area contributed by atoms with Crippen LogP contribution in [0.1, 0.15) is 96.1 Å². The minimum Gasteiger partial charge on any atom is -0.467 e. The number of thiocarbonyl (C=S) groups is 2. The van der Waals surface area contributed by atoms with E-state index in [1.165, 1.54) is 26.7 Å². The van der Waals surface area contributed by atoms with Gasteiger partial charge in [0.15, 0.2) is 0 Å². The number of sulfone groups is 2. The number of ether oxygens (including phenoxy) is 2. The van der Waals surface area contributed by atoms with Gasteiger partial charge in [0.1, 0.15) is 31.8 Å². The molecular formula is C52H61Cl5N4O10S4. The van der Waals surface area contributed by atoms with E-state index >= 15 is 0 Å². The van der Waals surface area contributed by atoms with Crippen LogP contribution in [-0.2, 0) is 51.6 Å². The van der Waals surface area contributed by atoms with Gasteiger partial charge in [0.25, 0.3) is 11.1 Å². The van der Waals surface area contributed by atoms with Gasteiger partial charge in [-0.1, -0.05) is 120 Å². The van der Waals surface area contributed by atoms with E-state index in [1.54, 1.807) is 72.8 Å². The fraction of sp³-hybridized carbons (Fsp3) is 0.423. The first-order chi connectivity index (χ1) is 35.2. The van der Waals surface area contributed by atoms with E-state index in [2.05, 4.69) is 16.0 Å². The molecule has 4 aromatic rings. The highest BCUT2D eigenvalue weighted by Crippen LogP contribution is 2.47. The molecule has 2 saturated carbocycles. The van der Waals surface area contributed by atoms with Crippen LogP contribution in [0.15, 0.2) is 84.9 Å². The number of amides is 1. The molecule has 2 aliphatic rings. The van der Waals surface area contributed by atoms with Crippen molar-refractivity contribution in [1.82, 2.24) is 10.6 Å². The van der Waals surface area contributed by atoms with Crippen molar-refractivity contribution in [2.45, 2.75) is 89.1 Å². The standard InChI is InChI=1S/C26H30Cl2N2O5S2.C19H28N2O4S2.C7H3Cl3O/c1-35-24(32)21(30-25(36)26(12-4-13-26)14-5-15-37(2,33)34)16-17-8-10-18(11-9-17)29-23(31)22-19(27)6-3-7-20(22)28;1-25-17(22)16(13-14-5-7-15(20)8-6-14)21-18(26)19(9-3-10-19)11-4-12-27(2,23)24;8-4-2-1-3-5(9)6(4)7(10)11/h3,6-11,21H,4-5,12-16H2,1-2H3,(H,29,31)(H,30,36);5-8,16H,3-4,9-13,20H2,1-2H3,(H,21,26);1-3H. The molecule has 0 spiro atoms. The van der Waals surface area contributed by atoms with E-state index in [0.29, 0.717) is 59.9 Å². The van der Waals surface area contributed by atoms with Crippen molar-refractivity contribution in [1.29, 1.82) is 0 Å². The molecule has 0 heterocycles. The van der Waals surface area contributed by atoms with E-state index in [0.717, 1.165) is 49.7 Å². The first kappa shape index (κ1) is 63.4. The molecule has 2 unspecified atom stereocenters. The first-order valence-corrected chi connectivity index (χ1v) is 30.5. The molecule has 4 aromatic carbocycles. The number of halogens is 5. The van der Waals surface area contributed by atoms with Gasteiger partial charge in [0.2, 0.25) is 0 Å². The second kappa shape index (κ2) is 29.0. The van der Waals surface area contributed by atoms with Crippen molar-refractivity contribution in [2.75, 3.05) is 49.3 Å². The van der Waals surface area contributed by atoms with Gasteiger partial charge in [-0.3, -0.25) is 9.59 Å². The molecule has 2 atom stereocenters. The van der Waals surface area contributed by atoms with E-state index in [1.807, 2.05) is 12.1 Å². The molecule has 6 rings (SSSR count). The van der Waals surface area contributed by atoms with E-state index in [4.69, 9.17) is 97.6 Å². The van der Waals surface area contributed by atoms with Crippen LogP contribution in [0.3, 0.4) is 0 Å². The minimum atomic E-state index is -3.05.